The van der Waals surface area contributed by atoms with Crippen LogP contribution >= 0.6 is 0 Å². The van der Waals surface area contributed by atoms with E-state index in [1.54, 1.807) is 0 Å². The predicted molar refractivity (Wildman–Crippen MR) is 179 cm³/mol. The SMILES string of the molecule is Cc1cc(C)c(-c2ccc3cc(-c4ccc(-c5cccc6c5oc5ccccc56)cc4)c4ccccc4c3c2)c(C)c1. The zero-order valence-corrected chi connectivity index (χ0v) is 24.0. The van der Waals surface area contributed by atoms with Gasteiger partial charge in [0.05, 0.1) is 0 Å². The fraction of sp³-hybridized carbons (Fsp3) is 0.0732. The molecule has 8 aromatic rings. The second-order valence-electron chi connectivity index (χ2n) is 11.5. The molecule has 0 bridgehead atoms. The van der Waals surface area contributed by atoms with E-state index in [1.807, 2.05) is 12.1 Å². The normalized spacial score (nSPS) is 11.7. The van der Waals surface area contributed by atoms with Gasteiger partial charge in [-0.1, -0.05) is 115 Å². The first-order valence-corrected chi connectivity index (χ1v) is 14.6. The molecule has 1 heterocycles. The number of para-hydroxylation sites is 2. The van der Waals surface area contributed by atoms with Crippen molar-refractivity contribution in [1.29, 1.82) is 0 Å². The van der Waals surface area contributed by atoms with Gasteiger partial charge in [-0.05, 0) is 99.5 Å². The van der Waals surface area contributed by atoms with Crippen LogP contribution in [0, 0.1) is 20.8 Å². The van der Waals surface area contributed by atoms with Gasteiger partial charge in [0.25, 0.3) is 0 Å². The van der Waals surface area contributed by atoms with Crippen molar-refractivity contribution < 1.29 is 4.42 Å². The van der Waals surface area contributed by atoms with Gasteiger partial charge in [-0.25, -0.2) is 0 Å². The summed E-state index contributed by atoms with van der Waals surface area (Å²) in [5.41, 5.74) is 13.2. The summed E-state index contributed by atoms with van der Waals surface area (Å²) < 4.78 is 6.32. The van der Waals surface area contributed by atoms with E-state index in [0.29, 0.717) is 0 Å². The molecule has 0 fully saturated rings. The lowest BCUT2D eigenvalue weighted by Crippen LogP contribution is -1.91. The molecule has 0 saturated heterocycles. The Morgan fingerprint density at radius 1 is 0.429 bits per heavy atom. The molecule has 0 aliphatic heterocycles. The van der Waals surface area contributed by atoms with Crippen LogP contribution < -0.4 is 0 Å². The Hall–Kier alpha value is -5.14. The third kappa shape index (κ3) is 3.85. The second kappa shape index (κ2) is 9.46. The second-order valence-corrected chi connectivity index (χ2v) is 11.5. The molecular formula is C41H30O. The summed E-state index contributed by atoms with van der Waals surface area (Å²) in [6, 6.07) is 46.3. The highest BCUT2D eigenvalue weighted by molar-refractivity contribution is 6.15. The van der Waals surface area contributed by atoms with Crippen molar-refractivity contribution in [3.05, 3.63) is 144 Å². The van der Waals surface area contributed by atoms with E-state index in [-0.39, 0.29) is 0 Å². The zero-order valence-electron chi connectivity index (χ0n) is 24.0. The molecule has 0 aliphatic rings. The molecule has 0 radical (unpaired) electrons. The van der Waals surface area contributed by atoms with E-state index in [1.165, 1.54) is 60.5 Å². The van der Waals surface area contributed by atoms with Gasteiger partial charge >= 0.3 is 0 Å². The van der Waals surface area contributed by atoms with E-state index in [9.17, 15) is 0 Å². The Morgan fingerprint density at radius 2 is 1.05 bits per heavy atom. The fourth-order valence-electron chi connectivity index (χ4n) is 6.94. The van der Waals surface area contributed by atoms with Crippen LogP contribution in [0.3, 0.4) is 0 Å². The molecule has 0 N–H and O–H groups in total. The van der Waals surface area contributed by atoms with E-state index in [4.69, 9.17) is 4.42 Å². The Labute approximate surface area is 245 Å². The van der Waals surface area contributed by atoms with Crippen molar-refractivity contribution in [2.45, 2.75) is 20.8 Å². The number of rotatable bonds is 3. The molecule has 0 aliphatic carbocycles. The molecule has 0 amide bonds. The molecule has 42 heavy (non-hydrogen) atoms. The van der Waals surface area contributed by atoms with Gasteiger partial charge in [-0.2, -0.15) is 0 Å². The molecule has 1 aromatic heterocycles. The number of furan rings is 1. The van der Waals surface area contributed by atoms with Crippen LogP contribution in [-0.2, 0) is 0 Å². The number of hydrogen-bond donors (Lipinski definition) is 0. The van der Waals surface area contributed by atoms with E-state index < -0.39 is 0 Å². The summed E-state index contributed by atoms with van der Waals surface area (Å²) in [5, 5.41) is 7.41. The lowest BCUT2D eigenvalue weighted by atomic mass is 9.89. The van der Waals surface area contributed by atoms with Gasteiger partial charge in [-0.3, -0.25) is 0 Å². The number of aryl methyl sites for hydroxylation is 3. The highest BCUT2D eigenvalue weighted by Crippen LogP contribution is 2.40. The third-order valence-corrected chi connectivity index (χ3v) is 8.74. The first-order chi connectivity index (χ1) is 20.5. The van der Waals surface area contributed by atoms with Gasteiger partial charge in [0, 0.05) is 16.3 Å². The fourth-order valence-corrected chi connectivity index (χ4v) is 6.94. The van der Waals surface area contributed by atoms with Gasteiger partial charge in [-0.15, -0.1) is 0 Å². The first kappa shape index (κ1) is 24.6. The quantitative estimate of drug-likeness (QED) is 0.204. The lowest BCUT2D eigenvalue weighted by Gasteiger charge is -2.15. The van der Waals surface area contributed by atoms with Crippen LogP contribution in [0.1, 0.15) is 16.7 Å². The van der Waals surface area contributed by atoms with E-state index >= 15 is 0 Å². The highest BCUT2D eigenvalue weighted by atomic mass is 16.3. The molecule has 0 unspecified atom stereocenters. The average molecular weight is 539 g/mol. The summed E-state index contributed by atoms with van der Waals surface area (Å²) in [4.78, 5) is 0. The average Bonchev–Trinajstić information content (AvgIpc) is 3.39. The van der Waals surface area contributed by atoms with Crippen molar-refractivity contribution in [1.82, 2.24) is 0 Å². The number of hydrogen-bond acceptors (Lipinski definition) is 1. The zero-order chi connectivity index (χ0) is 28.4. The Kier molecular flexibility index (Phi) is 5.55. The van der Waals surface area contributed by atoms with Crippen LogP contribution in [0.4, 0.5) is 0 Å². The van der Waals surface area contributed by atoms with Crippen molar-refractivity contribution in [2.75, 3.05) is 0 Å². The van der Waals surface area contributed by atoms with Crippen LogP contribution in [0.15, 0.2) is 132 Å². The van der Waals surface area contributed by atoms with Crippen molar-refractivity contribution in [3.63, 3.8) is 0 Å². The topological polar surface area (TPSA) is 13.1 Å². The first-order valence-electron chi connectivity index (χ1n) is 14.6. The number of fused-ring (bicyclic) bond motifs is 6. The van der Waals surface area contributed by atoms with Gasteiger partial charge < -0.3 is 4.42 Å². The van der Waals surface area contributed by atoms with E-state index in [2.05, 4.69) is 136 Å². The molecule has 1 heteroatoms. The van der Waals surface area contributed by atoms with Crippen molar-refractivity contribution >= 4 is 43.5 Å². The summed E-state index contributed by atoms with van der Waals surface area (Å²) in [7, 11) is 0. The maximum absolute atomic E-state index is 6.32. The molecule has 7 aromatic carbocycles. The largest absolute Gasteiger partial charge is 0.455 e. The van der Waals surface area contributed by atoms with Crippen molar-refractivity contribution in [3.8, 4) is 33.4 Å². The van der Waals surface area contributed by atoms with Gasteiger partial charge in [0.1, 0.15) is 11.2 Å². The minimum absolute atomic E-state index is 0.926. The Balaban J connectivity index is 1.26. The van der Waals surface area contributed by atoms with Crippen LogP contribution in [-0.4, -0.2) is 0 Å². The van der Waals surface area contributed by atoms with Gasteiger partial charge in [0.2, 0.25) is 0 Å². The smallest absolute Gasteiger partial charge is 0.143 e. The lowest BCUT2D eigenvalue weighted by molar-refractivity contribution is 0.670. The highest BCUT2D eigenvalue weighted by Gasteiger charge is 2.14. The van der Waals surface area contributed by atoms with Crippen LogP contribution in [0.25, 0.3) is 76.9 Å². The minimum Gasteiger partial charge on any atom is -0.455 e. The maximum Gasteiger partial charge on any atom is 0.143 e. The monoisotopic (exact) mass is 538 g/mol. The minimum atomic E-state index is 0.926. The van der Waals surface area contributed by atoms with Crippen LogP contribution in [0.2, 0.25) is 0 Å². The molecule has 0 atom stereocenters. The molecule has 1 nitrogen and oxygen atoms in total. The summed E-state index contributed by atoms with van der Waals surface area (Å²) >= 11 is 0. The maximum atomic E-state index is 6.32. The third-order valence-electron chi connectivity index (χ3n) is 8.74. The molecule has 200 valence electrons. The summed E-state index contributed by atoms with van der Waals surface area (Å²) in [6.07, 6.45) is 0. The molecule has 0 spiro atoms. The Morgan fingerprint density at radius 3 is 1.81 bits per heavy atom. The Bertz CT molecular complexity index is 2290. The van der Waals surface area contributed by atoms with Gasteiger partial charge in [0.15, 0.2) is 0 Å². The summed E-state index contributed by atoms with van der Waals surface area (Å²) in [6.45, 7) is 6.61. The molecule has 8 rings (SSSR count). The summed E-state index contributed by atoms with van der Waals surface area (Å²) in [5.74, 6) is 0. The predicted octanol–water partition coefficient (Wildman–Crippen LogP) is 11.8. The standard InChI is InChI=1S/C41H30O/c1-25-21-26(2)40(27(3)22-25)31-20-19-30-23-37(33-9-4-5-10-34(33)38(30)24-31)29-17-15-28(16-18-29)32-12-8-13-36-35-11-6-7-14-39(35)42-41(32)36/h4-24H,1-3H3. The molecular weight excluding hydrogens is 508 g/mol. The molecule has 0 saturated carbocycles. The van der Waals surface area contributed by atoms with Crippen molar-refractivity contribution in [2.24, 2.45) is 0 Å². The number of benzene rings is 7. The van der Waals surface area contributed by atoms with E-state index in [0.717, 1.165) is 33.1 Å². The van der Waals surface area contributed by atoms with Crippen LogP contribution in [0.5, 0.6) is 0 Å².